The van der Waals surface area contributed by atoms with Crippen molar-refractivity contribution in [1.82, 2.24) is 5.32 Å². The monoisotopic (exact) mass is 241 g/mol. The molecule has 0 spiro atoms. The summed E-state index contributed by atoms with van der Waals surface area (Å²) in [6, 6.07) is 2.57. The van der Waals surface area contributed by atoms with Crippen LogP contribution in [0.1, 0.15) is 39.0 Å². The summed E-state index contributed by atoms with van der Waals surface area (Å²) in [5.41, 5.74) is 0.305. The van der Waals surface area contributed by atoms with Crippen LogP contribution in [0.3, 0.4) is 0 Å². The summed E-state index contributed by atoms with van der Waals surface area (Å²) in [6.45, 7) is 9.96. The molecule has 0 fully saturated rings. The van der Waals surface area contributed by atoms with Crippen LogP contribution in [0.4, 0.5) is 0 Å². The van der Waals surface area contributed by atoms with Gasteiger partial charge in [0, 0.05) is 12.6 Å². The van der Waals surface area contributed by atoms with Crippen LogP contribution in [0, 0.1) is 5.41 Å². The van der Waals surface area contributed by atoms with Gasteiger partial charge in [0.2, 0.25) is 0 Å². The molecule has 2 nitrogen and oxygen atoms in total. The van der Waals surface area contributed by atoms with Crippen LogP contribution in [0.15, 0.2) is 11.4 Å². The van der Waals surface area contributed by atoms with E-state index in [9.17, 15) is 0 Å². The summed E-state index contributed by atoms with van der Waals surface area (Å²) in [6.07, 6.45) is 1.15. The molecule has 0 saturated carbocycles. The molecule has 1 unspecified atom stereocenters. The van der Waals surface area contributed by atoms with Crippen LogP contribution in [-0.4, -0.2) is 13.2 Å². The molecule has 92 valence electrons. The Hall–Kier alpha value is -0.540. The minimum absolute atomic E-state index is 0.305. The fourth-order valence-corrected chi connectivity index (χ4v) is 2.71. The Kier molecular flexibility index (Phi) is 4.81. The predicted octanol–water partition coefficient (Wildman–Crippen LogP) is 3.67. The standard InChI is InChI=1S/C13H23NOS/c1-6-12(13(2,3)4)14-9-11-10(15-5)7-8-16-11/h7-8,12,14H,6,9H2,1-5H3. The molecule has 3 heteroatoms. The molecule has 1 aromatic heterocycles. The summed E-state index contributed by atoms with van der Waals surface area (Å²) >= 11 is 1.75. The van der Waals surface area contributed by atoms with E-state index in [4.69, 9.17) is 4.74 Å². The van der Waals surface area contributed by atoms with E-state index in [1.54, 1.807) is 18.4 Å². The van der Waals surface area contributed by atoms with Crippen LogP contribution in [0.5, 0.6) is 5.75 Å². The topological polar surface area (TPSA) is 21.3 Å². The van der Waals surface area contributed by atoms with Crippen LogP contribution in [0.2, 0.25) is 0 Å². The van der Waals surface area contributed by atoms with Crippen molar-refractivity contribution >= 4 is 11.3 Å². The highest BCUT2D eigenvalue weighted by Gasteiger charge is 2.22. The highest BCUT2D eigenvalue weighted by Crippen LogP contribution is 2.26. The summed E-state index contributed by atoms with van der Waals surface area (Å²) in [5, 5.41) is 5.69. The first kappa shape index (κ1) is 13.5. The second-order valence-corrected chi connectivity index (χ2v) is 6.12. The van der Waals surface area contributed by atoms with Gasteiger partial charge in [-0.05, 0) is 23.3 Å². The van der Waals surface area contributed by atoms with Gasteiger partial charge >= 0.3 is 0 Å². The second-order valence-electron chi connectivity index (χ2n) is 5.12. The van der Waals surface area contributed by atoms with E-state index in [-0.39, 0.29) is 0 Å². The SMILES string of the molecule is CCC(NCc1sccc1OC)C(C)(C)C. The first-order chi connectivity index (χ1) is 7.49. The van der Waals surface area contributed by atoms with Gasteiger partial charge in [-0.15, -0.1) is 11.3 Å². The van der Waals surface area contributed by atoms with Gasteiger partial charge in [-0.3, -0.25) is 0 Å². The number of hydrogen-bond donors (Lipinski definition) is 1. The van der Waals surface area contributed by atoms with Gasteiger partial charge < -0.3 is 10.1 Å². The van der Waals surface area contributed by atoms with Gasteiger partial charge in [-0.1, -0.05) is 27.7 Å². The van der Waals surface area contributed by atoms with Crippen LogP contribution >= 0.6 is 11.3 Å². The van der Waals surface area contributed by atoms with Crippen LogP contribution in [-0.2, 0) is 6.54 Å². The molecule has 1 rings (SSSR count). The lowest BCUT2D eigenvalue weighted by atomic mass is 9.85. The molecule has 0 aliphatic rings. The normalized spacial score (nSPS) is 13.8. The van der Waals surface area contributed by atoms with E-state index in [1.807, 2.05) is 6.07 Å². The third kappa shape index (κ3) is 3.49. The molecule has 0 aliphatic carbocycles. The van der Waals surface area contributed by atoms with E-state index in [0.29, 0.717) is 11.5 Å². The molecule has 1 aromatic rings. The Morgan fingerprint density at radius 2 is 2.12 bits per heavy atom. The van der Waals surface area contributed by atoms with Gasteiger partial charge in [0.15, 0.2) is 0 Å². The molecule has 0 aliphatic heterocycles. The van der Waals surface area contributed by atoms with Gasteiger partial charge in [0.1, 0.15) is 5.75 Å². The summed E-state index contributed by atoms with van der Waals surface area (Å²) in [7, 11) is 1.73. The first-order valence-corrected chi connectivity index (χ1v) is 6.70. The lowest BCUT2D eigenvalue weighted by Crippen LogP contribution is -2.39. The smallest absolute Gasteiger partial charge is 0.134 e. The quantitative estimate of drug-likeness (QED) is 0.849. The lowest BCUT2D eigenvalue weighted by molar-refractivity contribution is 0.259. The Bertz CT molecular complexity index is 314. The molecule has 1 atom stereocenters. The highest BCUT2D eigenvalue weighted by molar-refractivity contribution is 7.10. The maximum absolute atomic E-state index is 5.31. The Morgan fingerprint density at radius 3 is 2.62 bits per heavy atom. The molecule has 0 radical (unpaired) electrons. The van der Waals surface area contributed by atoms with Crippen molar-refractivity contribution < 1.29 is 4.74 Å². The number of methoxy groups -OCH3 is 1. The third-order valence-electron chi connectivity index (χ3n) is 2.89. The van der Waals surface area contributed by atoms with Gasteiger partial charge in [0.05, 0.1) is 12.0 Å². The molecular weight excluding hydrogens is 218 g/mol. The second kappa shape index (κ2) is 5.69. The lowest BCUT2D eigenvalue weighted by Gasteiger charge is -2.30. The van der Waals surface area contributed by atoms with E-state index >= 15 is 0 Å². The fraction of sp³-hybridized carbons (Fsp3) is 0.692. The average molecular weight is 241 g/mol. The zero-order valence-electron chi connectivity index (χ0n) is 11.0. The molecule has 1 heterocycles. The van der Waals surface area contributed by atoms with E-state index in [0.717, 1.165) is 18.7 Å². The highest BCUT2D eigenvalue weighted by atomic mass is 32.1. The molecule has 0 aromatic carbocycles. The Labute approximate surface area is 103 Å². The number of ether oxygens (including phenoxy) is 1. The van der Waals surface area contributed by atoms with Crippen molar-refractivity contribution in [2.75, 3.05) is 7.11 Å². The van der Waals surface area contributed by atoms with Crippen molar-refractivity contribution in [2.45, 2.75) is 46.7 Å². The first-order valence-electron chi connectivity index (χ1n) is 5.82. The number of thiophene rings is 1. The van der Waals surface area contributed by atoms with Gasteiger partial charge in [0.25, 0.3) is 0 Å². The van der Waals surface area contributed by atoms with E-state index in [1.165, 1.54) is 4.88 Å². The number of rotatable bonds is 5. The number of hydrogen-bond acceptors (Lipinski definition) is 3. The number of nitrogens with one attached hydrogen (secondary N) is 1. The van der Waals surface area contributed by atoms with E-state index in [2.05, 4.69) is 38.4 Å². The average Bonchev–Trinajstić information content (AvgIpc) is 2.64. The summed E-state index contributed by atoms with van der Waals surface area (Å²) < 4.78 is 5.31. The largest absolute Gasteiger partial charge is 0.496 e. The minimum atomic E-state index is 0.305. The van der Waals surface area contributed by atoms with Crippen molar-refractivity contribution in [3.8, 4) is 5.75 Å². The molecule has 1 N–H and O–H groups in total. The molecular formula is C13H23NOS. The Morgan fingerprint density at radius 1 is 1.44 bits per heavy atom. The zero-order valence-corrected chi connectivity index (χ0v) is 11.8. The summed E-state index contributed by atoms with van der Waals surface area (Å²) in [4.78, 5) is 1.28. The van der Waals surface area contributed by atoms with Gasteiger partial charge in [-0.2, -0.15) is 0 Å². The summed E-state index contributed by atoms with van der Waals surface area (Å²) in [5.74, 6) is 1.00. The molecule has 0 bridgehead atoms. The fourth-order valence-electron chi connectivity index (χ4n) is 1.92. The van der Waals surface area contributed by atoms with Crippen molar-refractivity contribution in [3.63, 3.8) is 0 Å². The van der Waals surface area contributed by atoms with Crippen LogP contribution < -0.4 is 10.1 Å². The van der Waals surface area contributed by atoms with Crippen molar-refractivity contribution in [2.24, 2.45) is 5.41 Å². The molecule has 0 amide bonds. The Balaban J connectivity index is 2.56. The third-order valence-corrected chi connectivity index (χ3v) is 3.79. The maximum Gasteiger partial charge on any atom is 0.134 e. The maximum atomic E-state index is 5.31. The van der Waals surface area contributed by atoms with Crippen molar-refractivity contribution in [3.05, 3.63) is 16.3 Å². The molecule has 0 saturated heterocycles. The zero-order chi connectivity index (χ0) is 12.2. The molecule has 16 heavy (non-hydrogen) atoms. The van der Waals surface area contributed by atoms with E-state index < -0.39 is 0 Å². The predicted molar refractivity (Wildman–Crippen MR) is 71.2 cm³/mol. The minimum Gasteiger partial charge on any atom is -0.496 e. The van der Waals surface area contributed by atoms with Gasteiger partial charge in [-0.25, -0.2) is 0 Å². The van der Waals surface area contributed by atoms with Crippen molar-refractivity contribution in [1.29, 1.82) is 0 Å². The van der Waals surface area contributed by atoms with Crippen LogP contribution in [0.25, 0.3) is 0 Å².